The van der Waals surface area contributed by atoms with Crippen LogP contribution in [0.1, 0.15) is 37.4 Å². The number of rotatable bonds is 6. The minimum atomic E-state index is -0.356. The molecule has 0 fully saturated rings. The van der Waals surface area contributed by atoms with Gasteiger partial charge in [0.2, 0.25) is 0 Å². The third-order valence-electron chi connectivity index (χ3n) is 4.20. The van der Waals surface area contributed by atoms with E-state index in [-0.39, 0.29) is 29.7 Å². The molecule has 0 radical (unpaired) electrons. The maximum Gasteiger partial charge on any atom is 0.253 e. The zero-order chi connectivity index (χ0) is 19.9. The fourth-order valence-corrected chi connectivity index (χ4v) is 2.57. The molecule has 0 bridgehead atoms. The Kier molecular flexibility index (Phi) is 6.11. The van der Waals surface area contributed by atoms with Crippen molar-refractivity contribution in [3.05, 3.63) is 101 Å². The predicted octanol–water partition coefficient (Wildman–Crippen LogP) is 3.39. The van der Waals surface area contributed by atoms with Gasteiger partial charge in [-0.05, 0) is 36.2 Å². The van der Waals surface area contributed by atoms with Crippen molar-refractivity contribution in [2.24, 2.45) is 0 Å². The first-order valence-electron chi connectivity index (χ1n) is 8.83. The number of hydrogen-bond acceptors (Lipinski definition) is 3. The van der Waals surface area contributed by atoms with E-state index in [0.29, 0.717) is 12.1 Å². The summed E-state index contributed by atoms with van der Waals surface area (Å²) in [6.07, 6.45) is 2.82. The van der Waals surface area contributed by atoms with E-state index in [0.717, 1.165) is 16.7 Å². The molecule has 0 aliphatic carbocycles. The number of aromatic nitrogens is 1. The summed E-state index contributed by atoms with van der Waals surface area (Å²) >= 11 is 0. The number of nitrogens with zero attached hydrogens (tertiary/aromatic N) is 1. The number of carbonyl (C=O) groups excluding carboxylic acids is 2. The van der Waals surface area contributed by atoms with Gasteiger partial charge in [0.05, 0.1) is 11.1 Å². The van der Waals surface area contributed by atoms with Gasteiger partial charge in [-0.25, -0.2) is 4.39 Å². The number of amides is 2. The van der Waals surface area contributed by atoms with Gasteiger partial charge in [0.25, 0.3) is 11.8 Å². The van der Waals surface area contributed by atoms with E-state index < -0.39 is 0 Å². The quantitative estimate of drug-likeness (QED) is 0.692. The average molecular weight is 377 g/mol. The number of nitrogens with one attached hydrogen (secondary N) is 2. The van der Waals surface area contributed by atoms with Gasteiger partial charge in [0.1, 0.15) is 5.82 Å². The van der Waals surface area contributed by atoms with E-state index in [2.05, 4.69) is 15.6 Å². The van der Waals surface area contributed by atoms with Crippen LogP contribution >= 0.6 is 0 Å². The van der Waals surface area contributed by atoms with Crippen LogP contribution in [0, 0.1) is 12.7 Å². The number of hydrogen-bond donors (Lipinski definition) is 2. The molecule has 28 heavy (non-hydrogen) atoms. The van der Waals surface area contributed by atoms with E-state index in [9.17, 15) is 14.0 Å². The fourth-order valence-electron chi connectivity index (χ4n) is 2.57. The van der Waals surface area contributed by atoms with Crippen molar-refractivity contribution < 1.29 is 14.0 Å². The molecular weight excluding hydrogens is 357 g/mol. The topological polar surface area (TPSA) is 71.1 Å². The number of halogens is 1. The second-order valence-corrected chi connectivity index (χ2v) is 6.44. The summed E-state index contributed by atoms with van der Waals surface area (Å²) in [5, 5.41) is 5.55. The van der Waals surface area contributed by atoms with Gasteiger partial charge in [-0.3, -0.25) is 14.6 Å². The van der Waals surface area contributed by atoms with Crippen molar-refractivity contribution in [2.75, 3.05) is 0 Å². The monoisotopic (exact) mass is 377 g/mol. The second-order valence-electron chi connectivity index (χ2n) is 6.44. The summed E-state index contributed by atoms with van der Waals surface area (Å²) in [5.74, 6) is -0.991. The smallest absolute Gasteiger partial charge is 0.253 e. The van der Waals surface area contributed by atoms with Gasteiger partial charge < -0.3 is 10.6 Å². The zero-order valence-electron chi connectivity index (χ0n) is 15.4. The maximum absolute atomic E-state index is 12.9. The first kappa shape index (κ1) is 19.2. The molecule has 1 aromatic heterocycles. The summed E-state index contributed by atoms with van der Waals surface area (Å²) in [7, 11) is 0. The van der Waals surface area contributed by atoms with Crippen LogP contribution in [-0.2, 0) is 13.1 Å². The minimum Gasteiger partial charge on any atom is -0.348 e. The van der Waals surface area contributed by atoms with Crippen molar-refractivity contribution in [3.63, 3.8) is 0 Å². The summed E-state index contributed by atoms with van der Waals surface area (Å²) in [6, 6.07) is 15.2. The van der Waals surface area contributed by atoms with Crippen LogP contribution in [-0.4, -0.2) is 16.8 Å². The number of benzene rings is 2. The van der Waals surface area contributed by atoms with Gasteiger partial charge in [0.15, 0.2) is 0 Å². The maximum atomic E-state index is 12.9. The molecule has 3 aromatic rings. The molecule has 142 valence electrons. The normalized spacial score (nSPS) is 10.4. The summed E-state index contributed by atoms with van der Waals surface area (Å²) in [6.45, 7) is 2.64. The standard InChI is InChI=1S/C22H20FN3O2/c1-15-2-4-16(5-3-15)11-25-21(27)18-10-19(14-24-13-18)22(28)26-12-17-6-8-20(23)9-7-17/h2-10,13-14H,11-12H2,1H3,(H,25,27)(H,26,28). The van der Waals surface area contributed by atoms with Crippen LogP contribution in [0.15, 0.2) is 67.0 Å². The highest BCUT2D eigenvalue weighted by Gasteiger charge is 2.11. The first-order valence-corrected chi connectivity index (χ1v) is 8.83. The highest BCUT2D eigenvalue weighted by atomic mass is 19.1. The lowest BCUT2D eigenvalue weighted by molar-refractivity contribution is 0.0950. The molecule has 2 aromatic carbocycles. The third-order valence-corrected chi connectivity index (χ3v) is 4.20. The Morgan fingerprint density at radius 3 is 1.79 bits per heavy atom. The lowest BCUT2D eigenvalue weighted by atomic mass is 10.1. The highest BCUT2D eigenvalue weighted by molar-refractivity contribution is 5.99. The Bertz CT molecular complexity index is 893. The van der Waals surface area contributed by atoms with Gasteiger partial charge in [0, 0.05) is 25.5 Å². The van der Waals surface area contributed by atoms with Gasteiger partial charge in [-0.2, -0.15) is 0 Å². The number of aryl methyl sites for hydroxylation is 1. The van der Waals surface area contributed by atoms with Crippen LogP contribution in [0.4, 0.5) is 4.39 Å². The van der Waals surface area contributed by atoms with Crippen molar-refractivity contribution in [3.8, 4) is 0 Å². The lowest BCUT2D eigenvalue weighted by Crippen LogP contribution is -2.25. The Hall–Kier alpha value is -3.54. The average Bonchev–Trinajstić information content (AvgIpc) is 2.72. The fraction of sp³-hybridized carbons (Fsp3) is 0.136. The van der Waals surface area contributed by atoms with Crippen LogP contribution in [0.3, 0.4) is 0 Å². The molecule has 2 N–H and O–H groups in total. The van der Waals surface area contributed by atoms with Crippen LogP contribution < -0.4 is 10.6 Å². The van der Waals surface area contributed by atoms with E-state index in [1.54, 1.807) is 12.1 Å². The summed E-state index contributed by atoms with van der Waals surface area (Å²) in [4.78, 5) is 28.7. The minimum absolute atomic E-state index is 0.253. The van der Waals surface area contributed by atoms with Crippen LogP contribution in [0.25, 0.3) is 0 Å². The molecule has 0 unspecified atom stereocenters. The summed E-state index contributed by atoms with van der Waals surface area (Å²) < 4.78 is 12.9. The van der Waals surface area contributed by atoms with E-state index >= 15 is 0 Å². The van der Waals surface area contributed by atoms with Gasteiger partial charge in [-0.15, -0.1) is 0 Å². The predicted molar refractivity (Wildman–Crippen MR) is 104 cm³/mol. The van der Waals surface area contributed by atoms with E-state index in [1.165, 1.54) is 30.6 Å². The van der Waals surface area contributed by atoms with Gasteiger partial charge in [-0.1, -0.05) is 42.0 Å². The molecule has 1 heterocycles. The second kappa shape index (κ2) is 8.90. The molecule has 6 heteroatoms. The molecule has 2 amide bonds. The molecule has 0 saturated heterocycles. The Morgan fingerprint density at radius 1 is 0.821 bits per heavy atom. The third kappa shape index (κ3) is 5.23. The van der Waals surface area contributed by atoms with Crippen LogP contribution in [0.2, 0.25) is 0 Å². The van der Waals surface area contributed by atoms with Gasteiger partial charge >= 0.3 is 0 Å². The highest BCUT2D eigenvalue weighted by Crippen LogP contribution is 2.07. The molecule has 0 atom stereocenters. The molecule has 0 aliphatic heterocycles. The first-order chi connectivity index (χ1) is 13.5. The molecule has 3 rings (SSSR count). The molecule has 0 spiro atoms. The Labute approximate surface area is 162 Å². The number of pyridine rings is 1. The molecule has 0 aliphatic rings. The molecular formula is C22H20FN3O2. The molecule has 5 nitrogen and oxygen atoms in total. The largest absolute Gasteiger partial charge is 0.348 e. The van der Waals surface area contributed by atoms with Crippen molar-refractivity contribution in [1.82, 2.24) is 15.6 Å². The Morgan fingerprint density at radius 2 is 1.29 bits per heavy atom. The molecule has 0 saturated carbocycles. The summed E-state index contributed by atoms with van der Waals surface area (Å²) in [5.41, 5.74) is 3.50. The lowest BCUT2D eigenvalue weighted by Gasteiger charge is -2.08. The van der Waals surface area contributed by atoms with Crippen LogP contribution in [0.5, 0.6) is 0 Å². The number of carbonyl (C=O) groups is 2. The van der Waals surface area contributed by atoms with Crippen molar-refractivity contribution >= 4 is 11.8 Å². The zero-order valence-corrected chi connectivity index (χ0v) is 15.4. The van der Waals surface area contributed by atoms with E-state index in [1.807, 2.05) is 31.2 Å². The van der Waals surface area contributed by atoms with E-state index in [4.69, 9.17) is 0 Å². The Balaban J connectivity index is 1.58. The SMILES string of the molecule is Cc1ccc(CNC(=O)c2cncc(C(=O)NCc3ccc(F)cc3)c2)cc1. The van der Waals surface area contributed by atoms with Crippen molar-refractivity contribution in [1.29, 1.82) is 0 Å². The van der Waals surface area contributed by atoms with Crippen molar-refractivity contribution in [2.45, 2.75) is 20.0 Å².